The van der Waals surface area contributed by atoms with Crippen LogP contribution in [0.2, 0.25) is 30.8 Å². The summed E-state index contributed by atoms with van der Waals surface area (Å²) < 4.78 is 46.2. The molecule has 0 aliphatic carbocycles. The molecule has 0 amide bonds. The molecule has 0 spiro atoms. The molecule has 134 valence electrons. The van der Waals surface area contributed by atoms with Gasteiger partial charge in [-0.15, -0.1) is 0 Å². The van der Waals surface area contributed by atoms with Crippen molar-refractivity contribution in [3.63, 3.8) is 0 Å². The zero-order valence-electron chi connectivity index (χ0n) is 13.6. The van der Waals surface area contributed by atoms with E-state index in [-0.39, 0.29) is 28.5 Å². The van der Waals surface area contributed by atoms with Crippen molar-refractivity contribution in [2.24, 2.45) is 0 Å². The summed E-state index contributed by atoms with van der Waals surface area (Å²) in [6.45, 7) is 6.22. The third-order valence-corrected chi connectivity index (χ3v) is 5.30. The van der Waals surface area contributed by atoms with E-state index in [0.29, 0.717) is 6.61 Å². The molecule has 0 saturated carbocycles. The number of aliphatic hydroxyl groups is 1. The van der Waals surface area contributed by atoms with Gasteiger partial charge in [-0.3, -0.25) is 0 Å². The molecule has 0 radical (unpaired) electrons. The smallest absolute Gasteiger partial charge is 0.392 e. The molecule has 0 aliphatic heterocycles. The predicted octanol–water partition coefficient (Wildman–Crippen LogP) is 3.91. The van der Waals surface area contributed by atoms with Gasteiger partial charge in [-0.1, -0.05) is 31.2 Å². The fourth-order valence-corrected chi connectivity index (χ4v) is 3.12. The SMILES string of the molecule is C[Si](C)(C)CCOCn1nc(C(F)(F)F)c2c(CO)cc(Cl)nc21. The van der Waals surface area contributed by atoms with Crippen LogP contribution in [0.1, 0.15) is 11.3 Å². The Morgan fingerprint density at radius 3 is 2.54 bits per heavy atom. The van der Waals surface area contributed by atoms with E-state index >= 15 is 0 Å². The number of pyridine rings is 1. The quantitative estimate of drug-likeness (QED) is 0.468. The van der Waals surface area contributed by atoms with Crippen LogP contribution in [-0.2, 0) is 24.3 Å². The van der Waals surface area contributed by atoms with Gasteiger partial charge in [0, 0.05) is 14.7 Å². The molecule has 1 N–H and O–H groups in total. The Kier molecular flexibility index (Phi) is 5.58. The number of fused-ring (bicyclic) bond motifs is 1. The van der Waals surface area contributed by atoms with Gasteiger partial charge in [0.1, 0.15) is 11.9 Å². The number of halogens is 4. The van der Waals surface area contributed by atoms with Gasteiger partial charge in [-0.2, -0.15) is 18.3 Å². The lowest BCUT2D eigenvalue weighted by Crippen LogP contribution is -2.22. The Hall–Kier alpha value is -1.16. The maximum Gasteiger partial charge on any atom is 0.435 e. The highest BCUT2D eigenvalue weighted by Crippen LogP contribution is 2.36. The normalized spacial score (nSPS) is 13.0. The van der Waals surface area contributed by atoms with Crippen molar-refractivity contribution in [1.29, 1.82) is 0 Å². The van der Waals surface area contributed by atoms with Crippen LogP contribution in [0.5, 0.6) is 0 Å². The van der Waals surface area contributed by atoms with Crippen LogP contribution in [0.15, 0.2) is 6.07 Å². The largest absolute Gasteiger partial charge is 0.435 e. The number of rotatable bonds is 6. The number of ether oxygens (including phenoxy) is 1. The number of alkyl halides is 3. The van der Waals surface area contributed by atoms with Crippen molar-refractivity contribution in [2.75, 3.05) is 6.61 Å². The molecule has 2 rings (SSSR count). The fourth-order valence-electron chi connectivity index (χ4n) is 2.15. The molecule has 2 aromatic rings. The molecule has 24 heavy (non-hydrogen) atoms. The molecule has 0 unspecified atom stereocenters. The molecule has 2 aromatic heterocycles. The van der Waals surface area contributed by atoms with Crippen LogP contribution in [0.4, 0.5) is 13.2 Å². The molecule has 0 fully saturated rings. The van der Waals surface area contributed by atoms with Crippen LogP contribution in [0.25, 0.3) is 11.0 Å². The summed E-state index contributed by atoms with van der Waals surface area (Å²) in [7, 11) is -1.30. The topological polar surface area (TPSA) is 60.2 Å². The first kappa shape index (κ1) is 19.2. The molecule has 0 atom stereocenters. The molecular weight excluding hydrogens is 363 g/mol. The Morgan fingerprint density at radius 2 is 2.00 bits per heavy atom. The third kappa shape index (κ3) is 4.47. The van der Waals surface area contributed by atoms with Gasteiger partial charge in [0.2, 0.25) is 0 Å². The zero-order chi connectivity index (χ0) is 18.1. The first-order chi connectivity index (χ1) is 11.0. The van der Waals surface area contributed by atoms with E-state index in [4.69, 9.17) is 16.3 Å². The van der Waals surface area contributed by atoms with Crippen molar-refractivity contribution in [3.05, 3.63) is 22.5 Å². The Morgan fingerprint density at radius 1 is 1.33 bits per heavy atom. The summed E-state index contributed by atoms with van der Waals surface area (Å²) in [6.07, 6.45) is -4.67. The Labute approximate surface area is 143 Å². The lowest BCUT2D eigenvalue weighted by molar-refractivity contribution is -0.140. The standard InChI is InChI=1S/C14H19ClF3N3O2Si/c1-24(2,3)5-4-23-8-21-13-11(12(20-21)14(16,17)18)9(7-22)6-10(15)19-13/h6,22H,4-5,7-8H2,1-3H3. The summed E-state index contributed by atoms with van der Waals surface area (Å²) in [5.74, 6) is 0. The fraction of sp³-hybridized carbons (Fsp3) is 0.571. The number of hydrogen-bond acceptors (Lipinski definition) is 4. The molecular formula is C14H19ClF3N3O2Si. The zero-order valence-corrected chi connectivity index (χ0v) is 15.4. The molecule has 0 aliphatic rings. The van der Waals surface area contributed by atoms with Crippen molar-refractivity contribution in [2.45, 2.75) is 45.2 Å². The highest BCUT2D eigenvalue weighted by molar-refractivity contribution is 6.76. The second-order valence-electron chi connectivity index (χ2n) is 6.65. The highest BCUT2D eigenvalue weighted by Gasteiger charge is 2.38. The van der Waals surface area contributed by atoms with Crippen molar-refractivity contribution >= 4 is 30.7 Å². The van der Waals surface area contributed by atoms with Crippen LogP contribution in [0, 0.1) is 0 Å². The predicted molar refractivity (Wildman–Crippen MR) is 87.6 cm³/mol. The molecule has 10 heteroatoms. The second-order valence-corrected chi connectivity index (χ2v) is 12.7. The number of nitrogens with zero attached hydrogens (tertiary/aromatic N) is 3. The van der Waals surface area contributed by atoms with Gasteiger partial charge < -0.3 is 9.84 Å². The van der Waals surface area contributed by atoms with E-state index in [9.17, 15) is 18.3 Å². The van der Waals surface area contributed by atoms with E-state index in [1.807, 2.05) is 0 Å². The first-order valence-electron chi connectivity index (χ1n) is 7.34. The van der Waals surface area contributed by atoms with Gasteiger partial charge >= 0.3 is 6.18 Å². The van der Waals surface area contributed by atoms with Crippen LogP contribution in [-0.4, -0.2) is 34.6 Å². The Balaban J connectivity index is 2.38. The molecule has 0 aromatic carbocycles. The maximum atomic E-state index is 13.2. The van der Waals surface area contributed by atoms with Crippen LogP contribution < -0.4 is 0 Å². The summed E-state index contributed by atoms with van der Waals surface area (Å²) in [5, 5.41) is 12.7. The third-order valence-electron chi connectivity index (χ3n) is 3.40. The van der Waals surface area contributed by atoms with Gasteiger partial charge in [0.25, 0.3) is 0 Å². The maximum absolute atomic E-state index is 13.2. The number of aromatic nitrogens is 3. The first-order valence-corrected chi connectivity index (χ1v) is 11.4. The minimum atomic E-state index is -4.67. The molecule has 0 saturated heterocycles. The highest BCUT2D eigenvalue weighted by atomic mass is 35.5. The molecule has 5 nitrogen and oxygen atoms in total. The molecule has 0 bridgehead atoms. The van der Waals surface area contributed by atoms with Crippen LogP contribution >= 0.6 is 11.6 Å². The second kappa shape index (κ2) is 6.99. The summed E-state index contributed by atoms with van der Waals surface area (Å²) in [6, 6.07) is 2.09. The Bertz CT molecular complexity index is 729. The summed E-state index contributed by atoms with van der Waals surface area (Å²) >= 11 is 5.84. The minimum Gasteiger partial charge on any atom is -0.392 e. The number of hydrogen-bond donors (Lipinski definition) is 1. The van der Waals surface area contributed by atoms with E-state index < -0.39 is 26.6 Å². The van der Waals surface area contributed by atoms with Gasteiger partial charge in [0.05, 0.1) is 12.0 Å². The lowest BCUT2D eigenvalue weighted by atomic mass is 10.1. The average Bonchev–Trinajstić information content (AvgIpc) is 2.80. The molecule has 2 heterocycles. The number of aliphatic hydroxyl groups excluding tert-OH is 1. The van der Waals surface area contributed by atoms with Gasteiger partial charge in [-0.05, 0) is 17.7 Å². The van der Waals surface area contributed by atoms with Crippen molar-refractivity contribution < 1.29 is 23.0 Å². The van der Waals surface area contributed by atoms with E-state index in [2.05, 4.69) is 29.7 Å². The summed E-state index contributed by atoms with van der Waals surface area (Å²) in [5.41, 5.74) is -1.11. The minimum absolute atomic E-state index is 0.0106. The lowest BCUT2D eigenvalue weighted by Gasteiger charge is -2.15. The van der Waals surface area contributed by atoms with Gasteiger partial charge in [-0.25, -0.2) is 9.67 Å². The van der Waals surface area contributed by atoms with Crippen molar-refractivity contribution in [3.8, 4) is 0 Å². The van der Waals surface area contributed by atoms with Gasteiger partial charge in [0.15, 0.2) is 11.3 Å². The van der Waals surface area contributed by atoms with E-state index in [0.717, 1.165) is 10.7 Å². The van der Waals surface area contributed by atoms with E-state index in [1.54, 1.807) is 0 Å². The monoisotopic (exact) mass is 381 g/mol. The average molecular weight is 382 g/mol. The van der Waals surface area contributed by atoms with E-state index in [1.165, 1.54) is 6.07 Å². The summed E-state index contributed by atoms with van der Waals surface area (Å²) in [4.78, 5) is 3.93. The van der Waals surface area contributed by atoms with Crippen LogP contribution in [0.3, 0.4) is 0 Å². The van der Waals surface area contributed by atoms with Crippen molar-refractivity contribution in [1.82, 2.24) is 14.8 Å².